The van der Waals surface area contributed by atoms with Crippen LogP contribution in [0.2, 0.25) is 0 Å². The van der Waals surface area contributed by atoms with Crippen LogP contribution in [0.1, 0.15) is 24.1 Å². The van der Waals surface area contributed by atoms with Crippen molar-refractivity contribution < 1.29 is 8.42 Å². The largest absolute Gasteiger partial charge is 0.348 e. The van der Waals surface area contributed by atoms with E-state index >= 15 is 0 Å². The van der Waals surface area contributed by atoms with Crippen molar-refractivity contribution in [3.63, 3.8) is 0 Å². The van der Waals surface area contributed by atoms with E-state index in [9.17, 15) is 8.42 Å². The summed E-state index contributed by atoms with van der Waals surface area (Å²) in [6, 6.07) is 13.9. The van der Waals surface area contributed by atoms with E-state index in [1.54, 1.807) is 36.4 Å². The van der Waals surface area contributed by atoms with Gasteiger partial charge in [0.25, 0.3) is 0 Å². The fraction of sp³-hybridized carbons (Fsp3) is 0.263. The molecule has 2 aromatic carbocycles. The first-order valence-electron chi connectivity index (χ1n) is 7.97. The number of nitrogens with zero attached hydrogens (tertiary/aromatic N) is 1. The third-order valence-electron chi connectivity index (χ3n) is 4.72. The molecule has 3 aromatic rings. The van der Waals surface area contributed by atoms with E-state index in [-0.39, 0.29) is 5.92 Å². The van der Waals surface area contributed by atoms with Gasteiger partial charge in [0.2, 0.25) is 9.84 Å². The zero-order chi connectivity index (χ0) is 17.5. The molecule has 1 atom stereocenters. The molecule has 126 valence electrons. The average molecular weight is 342 g/mol. The van der Waals surface area contributed by atoms with E-state index in [1.165, 1.54) is 0 Å². The Morgan fingerprint density at radius 1 is 1.08 bits per heavy atom. The van der Waals surface area contributed by atoms with Crippen LogP contribution in [0, 0.1) is 6.92 Å². The van der Waals surface area contributed by atoms with Crippen LogP contribution in [0.5, 0.6) is 0 Å². The molecule has 0 aliphatic rings. The highest BCUT2D eigenvalue weighted by Gasteiger charge is 2.21. The summed E-state index contributed by atoms with van der Waals surface area (Å²) in [7, 11) is -1.53. The van der Waals surface area contributed by atoms with Gasteiger partial charge in [-0.1, -0.05) is 25.1 Å². The molecular formula is C19H22N2O2S. The van der Waals surface area contributed by atoms with Gasteiger partial charge in [0.1, 0.15) is 0 Å². The number of aromatic nitrogens is 1. The van der Waals surface area contributed by atoms with Gasteiger partial charge in [-0.2, -0.15) is 0 Å². The van der Waals surface area contributed by atoms with Crippen LogP contribution in [0.4, 0.5) is 0 Å². The van der Waals surface area contributed by atoms with Gasteiger partial charge in [0.05, 0.1) is 9.79 Å². The lowest BCUT2D eigenvalue weighted by Gasteiger charge is -2.10. The lowest BCUT2D eigenvalue weighted by atomic mass is 9.98. The predicted octanol–water partition coefficient (Wildman–Crippen LogP) is 3.38. The SMILES string of the molecule is Cc1c(C(C)CN)c2cc(S(=O)(=O)c3ccccc3)ccc2n1C. The maximum Gasteiger partial charge on any atom is 0.206 e. The van der Waals surface area contributed by atoms with E-state index in [0.29, 0.717) is 16.3 Å². The molecule has 24 heavy (non-hydrogen) atoms. The normalized spacial score (nSPS) is 13.3. The fourth-order valence-corrected chi connectivity index (χ4v) is 4.53. The van der Waals surface area contributed by atoms with Crippen LogP contribution in [-0.4, -0.2) is 19.5 Å². The number of sulfone groups is 1. The highest BCUT2D eigenvalue weighted by Crippen LogP contribution is 2.33. The van der Waals surface area contributed by atoms with Crippen molar-refractivity contribution in [3.8, 4) is 0 Å². The third kappa shape index (κ3) is 2.54. The Hall–Kier alpha value is -2.11. The molecule has 0 saturated carbocycles. The zero-order valence-electron chi connectivity index (χ0n) is 14.2. The molecule has 0 aliphatic heterocycles. The molecule has 4 nitrogen and oxygen atoms in total. The number of aryl methyl sites for hydroxylation is 1. The van der Waals surface area contributed by atoms with Gasteiger partial charge in [0.15, 0.2) is 0 Å². The number of nitrogens with two attached hydrogens (primary N) is 1. The van der Waals surface area contributed by atoms with Gasteiger partial charge >= 0.3 is 0 Å². The highest BCUT2D eigenvalue weighted by molar-refractivity contribution is 7.91. The molecule has 2 N–H and O–H groups in total. The van der Waals surface area contributed by atoms with Gasteiger partial charge in [-0.05, 0) is 55.3 Å². The molecule has 1 unspecified atom stereocenters. The standard InChI is InChI=1S/C19H22N2O2S/c1-13(12-20)19-14(2)21(3)18-10-9-16(11-17(18)19)24(22,23)15-7-5-4-6-8-15/h4-11,13H,12,20H2,1-3H3. The van der Waals surface area contributed by atoms with Crippen molar-refractivity contribution >= 4 is 20.7 Å². The molecule has 0 fully saturated rings. The second-order valence-corrected chi connectivity index (χ2v) is 8.14. The zero-order valence-corrected chi connectivity index (χ0v) is 15.0. The highest BCUT2D eigenvalue weighted by atomic mass is 32.2. The molecule has 1 heterocycles. The minimum Gasteiger partial charge on any atom is -0.348 e. The molecule has 0 radical (unpaired) electrons. The van der Waals surface area contributed by atoms with Gasteiger partial charge in [-0.3, -0.25) is 0 Å². The second kappa shape index (κ2) is 6.07. The van der Waals surface area contributed by atoms with Gasteiger partial charge < -0.3 is 10.3 Å². The van der Waals surface area contributed by atoms with Gasteiger partial charge in [0, 0.05) is 23.6 Å². The summed E-state index contributed by atoms with van der Waals surface area (Å²) in [4.78, 5) is 0.627. The summed E-state index contributed by atoms with van der Waals surface area (Å²) in [5.41, 5.74) is 9.13. The van der Waals surface area contributed by atoms with Crippen LogP contribution in [0.15, 0.2) is 58.3 Å². The molecule has 0 spiro atoms. The quantitative estimate of drug-likeness (QED) is 0.790. The van der Waals surface area contributed by atoms with E-state index in [2.05, 4.69) is 11.5 Å². The summed E-state index contributed by atoms with van der Waals surface area (Å²) in [6.07, 6.45) is 0. The molecular weight excluding hydrogens is 320 g/mol. The molecule has 0 bridgehead atoms. The first-order chi connectivity index (χ1) is 11.4. The number of fused-ring (bicyclic) bond motifs is 1. The maximum absolute atomic E-state index is 12.9. The van der Waals surface area contributed by atoms with Crippen molar-refractivity contribution in [3.05, 3.63) is 59.8 Å². The molecule has 3 rings (SSSR count). The minimum atomic E-state index is -3.52. The molecule has 0 saturated heterocycles. The van der Waals surface area contributed by atoms with Crippen molar-refractivity contribution in [1.29, 1.82) is 0 Å². The number of rotatable bonds is 4. The lowest BCUT2D eigenvalue weighted by Crippen LogP contribution is -2.10. The Balaban J connectivity index is 2.26. The maximum atomic E-state index is 12.9. The lowest BCUT2D eigenvalue weighted by molar-refractivity contribution is 0.596. The average Bonchev–Trinajstić information content (AvgIpc) is 2.85. The van der Waals surface area contributed by atoms with Crippen molar-refractivity contribution in [2.24, 2.45) is 12.8 Å². The first-order valence-corrected chi connectivity index (χ1v) is 9.45. The second-order valence-electron chi connectivity index (χ2n) is 6.19. The van der Waals surface area contributed by atoms with E-state index in [0.717, 1.165) is 22.2 Å². The summed E-state index contributed by atoms with van der Waals surface area (Å²) < 4.78 is 27.9. The Kier molecular flexibility index (Phi) is 4.24. The molecule has 5 heteroatoms. The molecule has 1 aromatic heterocycles. The summed E-state index contributed by atoms with van der Waals surface area (Å²) in [6.45, 7) is 4.64. The fourth-order valence-electron chi connectivity index (χ4n) is 3.22. The van der Waals surface area contributed by atoms with E-state index in [1.807, 2.05) is 26.1 Å². The minimum absolute atomic E-state index is 0.170. The summed E-state index contributed by atoms with van der Waals surface area (Å²) >= 11 is 0. The van der Waals surface area contributed by atoms with Crippen LogP contribution >= 0.6 is 0 Å². The molecule has 0 amide bonds. The van der Waals surface area contributed by atoms with Crippen molar-refractivity contribution in [1.82, 2.24) is 4.57 Å². The van der Waals surface area contributed by atoms with Crippen LogP contribution < -0.4 is 5.73 Å². The molecule has 0 aliphatic carbocycles. The van der Waals surface area contributed by atoms with Gasteiger partial charge in [-0.15, -0.1) is 0 Å². The topological polar surface area (TPSA) is 65.1 Å². The van der Waals surface area contributed by atoms with E-state index < -0.39 is 9.84 Å². The van der Waals surface area contributed by atoms with Crippen LogP contribution in [0.3, 0.4) is 0 Å². The van der Waals surface area contributed by atoms with E-state index in [4.69, 9.17) is 5.73 Å². The Labute approximate surface area is 142 Å². The number of hydrogen-bond donors (Lipinski definition) is 1. The Morgan fingerprint density at radius 2 is 1.75 bits per heavy atom. The number of hydrogen-bond acceptors (Lipinski definition) is 3. The van der Waals surface area contributed by atoms with Crippen LogP contribution in [-0.2, 0) is 16.9 Å². The monoisotopic (exact) mass is 342 g/mol. The number of benzene rings is 2. The third-order valence-corrected chi connectivity index (χ3v) is 6.49. The predicted molar refractivity (Wildman–Crippen MR) is 97.0 cm³/mol. The van der Waals surface area contributed by atoms with Crippen molar-refractivity contribution in [2.45, 2.75) is 29.6 Å². The summed E-state index contributed by atoms with van der Waals surface area (Å²) in [5.74, 6) is 0.170. The van der Waals surface area contributed by atoms with Crippen LogP contribution in [0.25, 0.3) is 10.9 Å². The first kappa shape index (κ1) is 16.7. The Bertz CT molecular complexity index is 989. The summed E-state index contributed by atoms with van der Waals surface area (Å²) in [5, 5.41) is 0.963. The Morgan fingerprint density at radius 3 is 2.38 bits per heavy atom. The smallest absolute Gasteiger partial charge is 0.206 e. The van der Waals surface area contributed by atoms with Crippen molar-refractivity contribution in [2.75, 3.05) is 6.54 Å². The van der Waals surface area contributed by atoms with Gasteiger partial charge in [-0.25, -0.2) is 8.42 Å².